The summed E-state index contributed by atoms with van der Waals surface area (Å²) in [6.07, 6.45) is 1.19. The van der Waals surface area contributed by atoms with Crippen molar-refractivity contribution in [2.75, 3.05) is 19.7 Å². The first-order valence-corrected chi connectivity index (χ1v) is 9.51. The molecule has 2 amide bonds. The predicted molar refractivity (Wildman–Crippen MR) is 104 cm³/mol. The number of benzene rings is 2. The molecule has 148 valence electrons. The predicted octanol–water partition coefficient (Wildman–Crippen LogP) is 3.07. The molecule has 1 saturated heterocycles. The SMILES string of the molecule is Cc1ccc(OCC(=O)N2CCC(C(=O)NCc3ccccc3F)CC2)cc1. The first-order chi connectivity index (χ1) is 13.5. The fraction of sp³-hybridized carbons (Fsp3) is 0.364. The number of ether oxygens (including phenoxy) is 1. The lowest BCUT2D eigenvalue weighted by molar-refractivity contribution is -0.137. The van der Waals surface area contributed by atoms with Gasteiger partial charge in [-0.3, -0.25) is 9.59 Å². The third kappa shape index (κ3) is 5.31. The number of carbonyl (C=O) groups excluding carboxylic acids is 2. The molecule has 6 heteroatoms. The van der Waals surface area contributed by atoms with Crippen molar-refractivity contribution < 1.29 is 18.7 Å². The average Bonchev–Trinajstić information content (AvgIpc) is 2.72. The molecule has 1 aliphatic heterocycles. The number of likely N-dealkylation sites (tertiary alicyclic amines) is 1. The lowest BCUT2D eigenvalue weighted by atomic mass is 9.95. The summed E-state index contributed by atoms with van der Waals surface area (Å²) < 4.78 is 19.2. The number of piperidine rings is 1. The van der Waals surface area contributed by atoms with Crippen LogP contribution in [-0.4, -0.2) is 36.4 Å². The molecular formula is C22H25FN2O3. The highest BCUT2D eigenvalue weighted by Crippen LogP contribution is 2.18. The standard InChI is InChI=1S/C22H25FN2O3/c1-16-6-8-19(9-7-16)28-15-21(26)25-12-10-17(11-13-25)22(27)24-14-18-4-2-3-5-20(18)23/h2-9,17H,10-15H2,1H3,(H,24,27). The molecular weight excluding hydrogens is 359 g/mol. The first kappa shape index (κ1) is 19.9. The third-order valence-corrected chi connectivity index (χ3v) is 5.01. The lowest BCUT2D eigenvalue weighted by Gasteiger charge is -2.31. The zero-order chi connectivity index (χ0) is 19.9. The number of carbonyl (C=O) groups is 2. The third-order valence-electron chi connectivity index (χ3n) is 5.01. The van der Waals surface area contributed by atoms with E-state index in [1.165, 1.54) is 6.07 Å². The molecule has 0 spiro atoms. The Morgan fingerprint density at radius 3 is 2.46 bits per heavy atom. The minimum Gasteiger partial charge on any atom is -0.484 e. The van der Waals surface area contributed by atoms with E-state index < -0.39 is 0 Å². The van der Waals surface area contributed by atoms with E-state index in [0.717, 1.165) is 5.56 Å². The quantitative estimate of drug-likeness (QED) is 0.833. The number of aryl methyl sites for hydroxylation is 1. The van der Waals surface area contributed by atoms with Gasteiger partial charge in [-0.15, -0.1) is 0 Å². The Balaban J connectivity index is 1.40. The van der Waals surface area contributed by atoms with Crippen LogP contribution in [-0.2, 0) is 16.1 Å². The monoisotopic (exact) mass is 384 g/mol. The summed E-state index contributed by atoms with van der Waals surface area (Å²) in [5, 5.41) is 2.80. The Labute approximate surface area is 164 Å². The van der Waals surface area contributed by atoms with E-state index in [0.29, 0.717) is 37.2 Å². The molecule has 0 aromatic heterocycles. The van der Waals surface area contributed by atoms with Gasteiger partial charge in [0.15, 0.2) is 6.61 Å². The van der Waals surface area contributed by atoms with Crippen LogP contribution in [0.1, 0.15) is 24.0 Å². The van der Waals surface area contributed by atoms with Crippen molar-refractivity contribution in [1.82, 2.24) is 10.2 Å². The first-order valence-electron chi connectivity index (χ1n) is 9.51. The summed E-state index contributed by atoms with van der Waals surface area (Å²) in [5.41, 5.74) is 1.60. The van der Waals surface area contributed by atoms with Crippen molar-refractivity contribution in [3.05, 3.63) is 65.5 Å². The van der Waals surface area contributed by atoms with Gasteiger partial charge in [0, 0.05) is 31.1 Å². The van der Waals surface area contributed by atoms with E-state index in [2.05, 4.69) is 5.32 Å². The van der Waals surface area contributed by atoms with Crippen molar-refractivity contribution >= 4 is 11.8 Å². The van der Waals surface area contributed by atoms with Crippen LogP contribution in [0.2, 0.25) is 0 Å². The van der Waals surface area contributed by atoms with Crippen LogP contribution in [0, 0.1) is 18.7 Å². The number of nitrogens with zero attached hydrogens (tertiary/aromatic N) is 1. The zero-order valence-electron chi connectivity index (χ0n) is 16.0. The van der Waals surface area contributed by atoms with Crippen molar-refractivity contribution in [3.63, 3.8) is 0 Å². The number of hydrogen-bond acceptors (Lipinski definition) is 3. The molecule has 3 rings (SSSR count). The molecule has 1 aliphatic rings. The molecule has 2 aromatic carbocycles. The van der Waals surface area contributed by atoms with Crippen molar-refractivity contribution in [3.8, 4) is 5.75 Å². The van der Waals surface area contributed by atoms with Gasteiger partial charge in [0.25, 0.3) is 5.91 Å². The molecule has 1 fully saturated rings. The molecule has 0 saturated carbocycles. The molecule has 28 heavy (non-hydrogen) atoms. The van der Waals surface area contributed by atoms with Gasteiger partial charge in [0.1, 0.15) is 11.6 Å². The van der Waals surface area contributed by atoms with Gasteiger partial charge in [0.2, 0.25) is 5.91 Å². The summed E-state index contributed by atoms with van der Waals surface area (Å²) in [6.45, 7) is 3.20. The Morgan fingerprint density at radius 1 is 1.11 bits per heavy atom. The van der Waals surface area contributed by atoms with E-state index >= 15 is 0 Å². The highest BCUT2D eigenvalue weighted by Gasteiger charge is 2.27. The maximum atomic E-state index is 13.6. The minimum atomic E-state index is -0.322. The topological polar surface area (TPSA) is 58.6 Å². The number of rotatable bonds is 6. The molecule has 0 radical (unpaired) electrons. The zero-order valence-corrected chi connectivity index (χ0v) is 16.0. The lowest BCUT2D eigenvalue weighted by Crippen LogP contribution is -2.44. The van der Waals surface area contributed by atoms with E-state index in [-0.39, 0.29) is 36.7 Å². The van der Waals surface area contributed by atoms with Gasteiger partial charge in [-0.2, -0.15) is 0 Å². The Bertz CT molecular complexity index is 815. The highest BCUT2D eigenvalue weighted by molar-refractivity contribution is 5.80. The molecule has 0 unspecified atom stereocenters. The Kier molecular flexibility index (Phi) is 6.63. The van der Waals surface area contributed by atoms with E-state index in [4.69, 9.17) is 4.74 Å². The van der Waals surface area contributed by atoms with Crippen LogP contribution in [0.4, 0.5) is 4.39 Å². The van der Waals surface area contributed by atoms with Crippen molar-refractivity contribution in [2.24, 2.45) is 5.92 Å². The number of hydrogen-bond donors (Lipinski definition) is 1. The van der Waals surface area contributed by atoms with Crippen LogP contribution >= 0.6 is 0 Å². The second kappa shape index (κ2) is 9.35. The molecule has 0 aliphatic carbocycles. The normalized spacial score (nSPS) is 14.6. The second-order valence-corrected chi connectivity index (χ2v) is 7.07. The molecule has 1 heterocycles. The molecule has 1 N–H and O–H groups in total. The maximum Gasteiger partial charge on any atom is 0.260 e. The summed E-state index contributed by atoms with van der Waals surface area (Å²) in [4.78, 5) is 26.4. The summed E-state index contributed by atoms with van der Waals surface area (Å²) in [6, 6.07) is 14.0. The summed E-state index contributed by atoms with van der Waals surface area (Å²) in [7, 11) is 0. The van der Waals surface area contributed by atoms with Crippen molar-refractivity contribution in [1.29, 1.82) is 0 Å². The van der Waals surface area contributed by atoms with Gasteiger partial charge < -0.3 is 15.0 Å². The van der Waals surface area contributed by atoms with Gasteiger partial charge in [-0.25, -0.2) is 4.39 Å². The van der Waals surface area contributed by atoms with Gasteiger partial charge >= 0.3 is 0 Å². The molecule has 0 atom stereocenters. The number of nitrogens with one attached hydrogen (secondary N) is 1. The van der Waals surface area contributed by atoms with Crippen LogP contribution < -0.4 is 10.1 Å². The Morgan fingerprint density at radius 2 is 1.79 bits per heavy atom. The number of amides is 2. The summed E-state index contributed by atoms with van der Waals surface area (Å²) in [5.74, 6) is 0.0176. The summed E-state index contributed by atoms with van der Waals surface area (Å²) >= 11 is 0. The van der Waals surface area contributed by atoms with Gasteiger partial charge in [0.05, 0.1) is 0 Å². The fourth-order valence-corrected chi connectivity index (χ4v) is 3.23. The fourth-order valence-electron chi connectivity index (χ4n) is 3.23. The van der Waals surface area contributed by atoms with E-state index in [9.17, 15) is 14.0 Å². The second-order valence-electron chi connectivity index (χ2n) is 7.07. The van der Waals surface area contributed by atoms with Crippen LogP contribution in [0.5, 0.6) is 5.75 Å². The van der Waals surface area contributed by atoms with Crippen molar-refractivity contribution in [2.45, 2.75) is 26.3 Å². The van der Waals surface area contributed by atoms with Crippen LogP contribution in [0.3, 0.4) is 0 Å². The maximum absolute atomic E-state index is 13.6. The molecule has 0 bridgehead atoms. The minimum absolute atomic E-state index is 0.00674. The highest BCUT2D eigenvalue weighted by atomic mass is 19.1. The van der Waals surface area contributed by atoms with Crippen LogP contribution in [0.25, 0.3) is 0 Å². The molecule has 5 nitrogen and oxygen atoms in total. The average molecular weight is 384 g/mol. The Hall–Kier alpha value is -2.89. The van der Waals surface area contributed by atoms with Gasteiger partial charge in [-0.1, -0.05) is 35.9 Å². The molecule has 2 aromatic rings. The van der Waals surface area contributed by atoms with E-state index in [1.807, 2.05) is 31.2 Å². The largest absolute Gasteiger partial charge is 0.484 e. The van der Waals surface area contributed by atoms with Gasteiger partial charge in [-0.05, 0) is 38.0 Å². The smallest absolute Gasteiger partial charge is 0.260 e. The number of halogens is 1. The van der Waals surface area contributed by atoms with Crippen LogP contribution in [0.15, 0.2) is 48.5 Å². The van der Waals surface area contributed by atoms with E-state index in [1.54, 1.807) is 23.1 Å².